The molecular formula is C18H20N4O. The number of aromatic nitrogens is 3. The van der Waals surface area contributed by atoms with Crippen molar-refractivity contribution >= 4 is 5.95 Å². The second-order valence-corrected chi connectivity index (χ2v) is 5.36. The lowest BCUT2D eigenvalue weighted by molar-refractivity contribution is 0.416. The average Bonchev–Trinajstić information content (AvgIpc) is 2.91. The van der Waals surface area contributed by atoms with Crippen LogP contribution in [-0.4, -0.2) is 21.9 Å². The van der Waals surface area contributed by atoms with Crippen molar-refractivity contribution < 1.29 is 4.74 Å². The molecule has 0 spiro atoms. The Balaban J connectivity index is 1.80. The fraction of sp³-hybridized carbons (Fsp3) is 0.222. The number of ether oxygens (including phenoxy) is 1. The summed E-state index contributed by atoms with van der Waals surface area (Å²) in [4.78, 5) is 4.35. The Morgan fingerprint density at radius 1 is 1.13 bits per heavy atom. The number of anilines is 1. The summed E-state index contributed by atoms with van der Waals surface area (Å²) in [6, 6.07) is 16.4. The number of methoxy groups -OCH3 is 1. The van der Waals surface area contributed by atoms with Gasteiger partial charge in [0.25, 0.3) is 0 Å². The summed E-state index contributed by atoms with van der Waals surface area (Å²) >= 11 is 0. The molecule has 0 bridgehead atoms. The first-order valence-corrected chi connectivity index (χ1v) is 7.51. The molecule has 0 aliphatic heterocycles. The SMILES string of the molecule is COc1ccccc1-c1cccc(CNc2nc(C)n(C)n2)c1. The van der Waals surface area contributed by atoms with Gasteiger partial charge in [-0.05, 0) is 30.2 Å². The molecule has 0 amide bonds. The van der Waals surface area contributed by atoms with Gasteiger partial charge in [-0.2, -0.15) is 4.98 Å². The fourth-order valence-electron chi connectivity index (χ4n) is 2.45. The van der Waals surface area contributed by atoms with Gasteiger partial charge in [0.05, 0.1) is 7.11 Å². The molecule has 0 saturated carbocycles. The van der Waals surface area contributed by atoms with Gasteiger partial charge in [-0.25, -0.2) is 0 Å². The lowest BCUT2D eigenvalue weighted by Gasteiger charge is -2.10. The highest BCUT2D eigenvalue weighted by molar-refractivity contribution is 5.70. The Kier molecular flexibility index (Phi) is 4.28. The van der Waals surface area contributed by atoms with Crippen molar-refractivity contribution in [2.45, 2.75) is 13.5 Å². The van der Waals surface area contributed by atoms with Crippen LogP contribution >= 0.6 is 0 Å². The maximum atomic E-state index is 5.45. The minimum atomic E-state index is 0.646. The van der Waals surface area contributed by atoms with E-state index >= 15 is 0 Å². The second-order valence-electron chi connectivity index (χ2n) is 5.36. The molecule has 1 heterocycles. The van der Waals surface area contributed by atoms with Gasteiger partial charge in [-0.1, -0.05) is 36.4 Å². The predicted molar refractivity (Wildman–Crippen MR) is 91.5 cm³/mol. The molecule has 5 nitrogen and oxygen atoms in total. The van der Waals surface area contributed by atoms with E-state index in [9.17, 15) is 0 Å². The lowest BCUT2D eigenvalue weighted by Crippen LogP contribution is -2.02. The summed E-state index contributed by atoms with van der Waals surface area (Å²) in [6.45, 7) is 2.60. The summed E-state index contributed by atoms with van der Waals surface area (Å²) in [5, 5.41) is 7.56. The van der Waals surface area contributed by atoms with Crippen molar-refractivity contribution in [3.05, 3.63) is 59.9 Å². The first-order valence-electron chi connectivity index (χ1n) is 7.51. The molecule has 23 heavy (non-hydrogen) atoms. The van der Waals surface area contributed by atoms with Crippen molar-refractivity contribution in [1.29, 1.82) is 0 Å². The molecule has 0 aliphatic rings. The first-order chi connectivity index (χ1) is 11.2. The number of nitrogens with zero attached hydrogens (tertiary/aromatic N) is 3. The molecule has 0 saturated heterocycles. The number of para-hydroxylation sites is 1. The minimum Gasteiger partial charge on any atom is -0.496 e. The zero-order chi connectivity index (χ0) is 16.2. The van der Waals surface area contributed by atoms with E-state index < -0.39 is 0 Å². The van der Waals surface area contributed by atoms with E-state index in [1.807, 2.05) is 32.2 Å². The van der Waals surface area contributed by atoms with Crippen LogP contribution in [0.1, 0.15) is 11.4 Å². The minimum absolute atomic E-state index is 0.646. The van der Waals surface area contributed by atoms with E-state index in [0.29, 0.717) is 12.5 Å². The van der Waals surface area contributed by atoms with Gasteiger partial charge in [-0.15, -0.1) is 5.10 Å². The van der Waals surface area contributed by atoms with Crippen molar-refractivity contribution in [2.75, 3.05) is 12.4 Å². The summed E-state index contributed by atoms with van der Waals surface area (Å²) in [5.41, 5.74) is 3.38. The molecular weight excluding hydrogens is 288 g/mol. The van der Waals surface area contributed by atoms with E-state index in [1.165, 1.54) is 5.56 Å². The average molecular weight is 308 g/mol. The monoisotopic (exact) mass is 308 g/mol. The van der Waals surface area contributed by atoms with Gasteiger partial charge in [0, 0.05) is 19.2 Å². The van der Waals surface area contributed by atoms with Crippen molar-refractivity contribution in [2.24, 2.45) is 7.05 Å². The molecule has 1 aromatic heterocycles. The van der Waals surface area contributed by atoms with Crippen LogP contribution in [0.2, 0.25) is 0 Å². The summed E-state index contributed by atoms with van der Waals surface area (Å²) < 4.78 is 7.20. The Labute approximate surface area is 135 Å². The van der Waals surface area contributed by atoms with Gasteiger partial charge >= 0.3 is 0 Å². The summed E-state index contributed by atoms with van der Waals surface area (Å²) in [5.74, 6) is 2.41. The number of rotatable bonds is 5. The third-order valence-electron chi connectivity index (χ3n) is 3.78. The zero-order valence-electron chi connectivity index (χ0n) is 13.6. The van der Waals surface area contributed by atoms with E-state index in [1.54, 1.807) is 11.8 Å². The molecule has 5 heteroatoms. The van der Waals surface area contributed by atoms with Gasteiger partial charge in [0.1, 0.15) is 11.6 Å². The molecule has 1 N–H and O–H groups in total. The Morgan fingerprint density at radius 3 is 2.70 bits per heavy atom. The lowest BCUT2D eigenvalue weighted by atomic mass is 10.0. The standard InChI is InChI=1S/C18H20N4O/c1-13-20-18(21-22(13)2)19-12-14-7-6-8-15(11-14)16-9-4-5-10-17(16)23-3/h4-11H,12H2,1-3H3,(H,19,21). The van der Waals surface area contributed by atoms with E-state index in [2.05, 4.69) is 45.7 Å². The third-order valence-corrected chi connectivity index (χ3v) is 3.78. The molecule has 2 aromatic carbocycles. The number of benzene rings is 2. The van der Waals surface area contributed by atoms with Crippen molar-refractivity contribution in [1.82, 2.24) is 14.8 Å². The predicted octanol–water partition coefficient (Wildman–Crippen LogP) is 3.41. The second kappa shape index (κ2) is 6.52. The molecule has 0 aliphatic carbocycles. The smallest absolute Gasteiger partial charge is 0.242 e. The number of aryl methyl sites for hydroxylation is 2. The fourth-order valence-corrected chi connectivity index (χ4v) is 2.45. The van der Waals surface area contributed by atoms with Crippen LogP contribution in [0.15, 0.2) is 48.5 Å². The van der Waals surface area contributed by atoms with Crippen LogP contribution in [-0.2, 0) is 13.6 Å². The highest BCUT2D eigenvalue weighted by Crippen LogP contribution is 2.30. The highest BCUT2D eigenvalue weighted by atomic mass is 16.5. The van der Waals surface area contributed by atoms with Crippen molar-refractivity contribution in [3.63, 3.8) is 0 Å². The van der Waals surface area contributed by atoms with Gasteiger partial charge in [0.15, 0.2) is 0 Å². The molecule has 0 atom stereocenters. The zero-order valence-corrected chi connectivity index (χ0v) is 13.6. The number of hydrogen-bond donors (Lipinski definition) is 1. The Hall–Kier alpha value is -2.82. The topological polar surface area (TPSA) is 52.0 Å². The molecule has 0 unspecified atom stereocenters. The summed E-state index contributed by atoms with van der Waals surface area (Å²) in [6.07, 6.45) is 0. The van der Waals surface area contributed by atoms with Crippen LogP contribution in [0.4, 0.5) is 5.95 Å². The van der Waals surface area contributed by atoms with E-state index in [0.717, 1.165) is 22.7 Å². The molecule has 0 radical (unpaired) electrons. The number of nitrogens with one attached hydrogen (secondary N) is 1. The third kappa shape index (κ3) is 3.34. The molecule has 3 rings (SSSR count). The van der Waals surface area contributed by atoms with E-state index in [-0.39, 0.29) is 0 Å². The van der Waals surface area contributed by atoms with Gasteiger partial charge in [0.2, 0.25) is 5.95 Å². The van der Waals surface area contributed by atoms with Crippen LogP contribution in [0.25, 0.3) is 11.1 Å². The van der Waals surface area contributed by atoms with Crippen LogP contribution in [0, 0.1) is 6.92 Å². The molecule has 3 aromatic rings. The highest BCUT2D eigenvalue weighted by Gasteiger charge is 2.06. The normalized spacial score (nSPS) is 10.6. The molecule has 0 fully saturated rings. The van der Waals surface area contributed by atoms with Gasteiger partial charge in [-0.3, -0.25) is 4.68 Å². The summed E-state index contributed by atoms with van der Waals surface area (Å²) in [7, 11) is 3.58. The number of hydrogen-bond acceptors (Lipinski definition) is 4. The largest absolute Gasteiger partial charge is 0.496 e. The van der Waals surface area contributed by atoms with E-state index in [4.69, 9.17) is 4.74 Å². The Morgan fingerprint density at radius 2 is 1.96 bits per heavy atom. The maximum absolute atomic E-state index is 5.45. The van der Waals surface area contributed by atoms with Crippen molar-refractivity contribution in [3.8, 4) is 16.9 Å². The van der Waals surface area contributed by atoms with Gasteiger partial charge < -0.3 is 10.1 Å². The van der Waals surface area contributed by atoms with Crippen LogP contribution < -0.4 is 10.1 Å². The van der Waals surface area contributed by atoms with Crippen LogP contribution in [0.3, 0.4) is 0 Å². The first kappa shape index (κ1) is 15.1. The maximum Gasteiger partial charge on any atom is 0.242 e. The quantitative estimate of drug-likeness (QED) is 0.785. The van der Waals surface area contributed by atoms with Crippen LogP contribution in [0.5, 0.6) is 5.75 Å². The molecule has 118 valence electrons. The Bertz CT molecular complexity index is 791.